The van der Waals surface area contributed by atoms with E-state index in [1.807, 2.05) is 13.0 Å². The van der Waals surface area contributed by atoms with E-state index in [0.717, 1.165) is 5.56 Å². The number of hydrogen-bond donors (Lipinski definition) is 0. The molecule has 1 aromatic heterocycles. The number of allylic oxidation sites excluding steroid dienone is 4. The Morgan fingerprint density at radius 1 is 1.11 bits per heavy atom. The molecule has 19 heavy (non-hydrogen) atoms. The largest absolute Gasteiger partial charge is 1.00 e. The van der Waals surface area contributed by atoms with Gasteiger partial charge in [-0.1, -0.05) is 17.7 Å². The summed E-state index contributed by atoms with van der Waals surface area (Å²) in [4.78, 5) is 0.394. The minimum absolute atomic E-state index is 0. The number of halogens is 4. The zero-order valence-electron chi connectivity index (χ0n) is 9.96. The molecule has 0 saturated carbocycles. The number of aryl methyl sites for hydroxylation is 1. The molecule has 1 aromatic carbocycles. The fraction of sp³-hybridized carbons (Fsp3) is 0.143. The molecule has 1 heterocycles. The monoisotopic (exact) mass is 346 g/mol. The third kappa shape index (κ3) is 2.37. The molecule has 0 aliphatic heterocycles. The van der Waals surface area contributed by atoms with Crippen LogP contribution in [0.25, 0.3) is 15.7 Å². The van der Waals surface area contributed by atoms with Crippen molar-refractivity contribution < 1.29 is 30.2 Å². The second kappa shape index (κ2) is 4.80. The van der Waals surface area contributed by atoms with Gasteiger partial charge in [0.05, 0.1) is 0 Å². The number of benzene rings is 1. The Morgan fingerprint density at radius 2 is 1.79 bits per heavy atom. The summed E-state index contributed by atoms with van der Waals surface area (Å²) in [6.07, 6.45) is 5.23. The van der Waals surface area contributed by atoms with Gasteiger partial charge in [-0.3, -0.25) is 0 Å². The lowest BCUT2D eigenvalue weighted by Crippen LogP contribution is -3.00. The van der Waals surface area contributed by atoms with E-state index < -0.39 is 16.0 Å². The fourth-order valence-electron chi connectivity index (χ4n) is 2.09. The number of thiophene rings is 1. The highest BCUT2D eigenvalue weighted by Gasteiger charge is 2.48. The van der Waals surface area contributed by atoms with Gasteiger partial charge in [-0.15, -0.1) is 13.2 Å². The van der Waals surface area contributed by atoms with Crippen molar-refractivity contribution in [2.45, 2.75) is 12.4 Å². The van der Waals surface area contributed by atoms with Gasteiger partial charge in [-0.05, 0) is 31.2 Å². The molecule has 100 valence electrons. The quantitative estimate of drug-likeness (QED) is 0.695. The van der Waals surface area contributed by atoms with Crippen molar-refractivity contribution in [1.82, 2.24) is 0 Å². The summed E-state index contributed by atoms with van der Waals surface area (Å²) in [5, 5.41) is 0.701. The summed E-state index contributed by atoms with van der Waals surface area (Å²) in [7, 11) is -1.80. The molecule has 0 nitrogen and oxygen atoms in total. The number of rotatable bonds is 1. The van der Waals surface area contributed by atoms with Crippen LogP contribution in [0.4, 0.5) is 13.2 Å². The molecule has 3 rings (SSSR count). The SMILES string of the molecule is Cc1ccc2c(c1)cc(C1=CC=C1)[s+]2C(F)(F)F.[Br-]. The van der Waals surface area contributed by atoms with Crippen molar-refractivity contribution >= 4 is 26.1 Å². The van der Waals surface area contributed by atoms with Crippen molar-refractivity contribution in [3.05, 3.63) is 52.9 Å². The third-order valence-corrected chi connectivity index (χ3v) is 5.03. The van der Waals surface area contributed by atoms with E-state index in [-0.39, 0.29) is 17.0 Å². The molecule has 0 N–H and O–H groups in total. The number of hydrogen-bond acceptors (Lipinski definition) is 0. The third-order valence-electron chi connectivity index (χ3n) is 2.96. The maximum atomic E-state index is 13.2. The van der Waals surface area contributed by atoms with Crippen LogP contribution < -0.4 is 17.0 Å². The van der Waals surface area contributed by atoms with Crippen molar-refractivity contribution in [1.29, 1.82) is 0 Å². The zero-order valence-corrected chi connectivity index (χ0v) is 12.4. The average molecular weight is 347 g/mol. The average Bonchev–Trinajstić information content (AvgIpc) is 2.51. The lowest BCUT2D eigenvalue weighted by atomic mass is 10.1. The molecule has 0 bridgehead atoms. The van der Waals surface area contributed by atoms with E-state index in [9.17, 15) is 13.2 Å². The molecule has 1 unspecified atom stereocenters. The van der Waals surface area contributed by atoms with Crippen molar-refractivity contribution in [2.24, 2.45) is 0 Å². The molecule has 1 atom stereocenters. The van der Waals surface area contributed by atoms with Crippen LogP contribution in [0.2, 0.25) is 0 Å². The Kier molecular flexibility index (Phi) is 3.62. The van der Waals surface area contributed by atoms with Crippen LogP contribution in [-0.2, 0) is 5.51 Å². The van der Waals surface area contributed by atoms with Crippen LogP contribution in [0.5, 0.6) is 0 Å². The predicted octanol–water partition coefficient (Wildman–Crippen LogP) is 2.33. The van der Waals surface area contributed by atoms with Crippen molar-refractivity contribution in [3.8, 4) is 0 Å². The highest BCUT2D eigenvalue weighted by atomic mass is 79.9. The highest BCUT2D eigenvalue weighted by Crippen LogP contribution is 2.53. The Labute approximate surface area is 122 Å². The van der Waals surface area contributed by atoms with Crippen molar-refractivity contribution in [2.75, 3.05) is 0 Å². The highest BCUT2D eigenvalue weighted by molar-refractivity contribution is 7.39. The molecule has 0 amide bonds. The first-order valence-electron chi connectivity index (χ1n) is 5.49. The molecule has 1 aliphatic rings. The van der Waals surface area contributed by atoms with E-state index in [1.54, 1.807) is 36.4 Å². The van der Waals surface area contributed by atoms with Crippen molar-refractivity contribution in [3.63, 3.8) is 0 Å². The van der Waals surface area contributed by atoms with E-state index in [0.29, 0.717) is 20.5 Å². The smallest absolute Gasteiger partial charge is 0.601 e. The van der Waals surface area contributed by atoms with E-state index >= 15 is 0 Å². The minimum Gasteiger partial charge on any atom is -1.00 e. The zero-order chi connectivity index (χ0) is 12.9. The van der Waals surface area contributed by atoms with Gasteiger partial charge in [0.15, 0.2) is 9.58 Å². The molecule has 0 radical (unpaired) electrons. The van der Waals surface area contributed by atoms with Crippen LogP contribution in [0.15, 0.2) is 42.5 Å². The summed E-state index contributed by atoms with van der Waals surface area (Å²) in [5.74, 6) is 0. The van der Waals surface area contributed by atoms with Crippen LogP contribution in [0, 0.1) is 6.92 Å². The van der Waals surface area contributed by atoms with Crippen LogP contribution in [0.1, 0.15) is 10.4 Å². The minimum atomic E-state index is -4.21. The summed E-state index contributed by atoms with van der Waals surface area (Å²) < 4.78 is 40.1. The van der Waals surface area contributed by atoms with Gasteiger partial charge in [0.25, 0.3) is 0 Å². The van der Waals surface area contributed by atoms with Gasteiger partial charge in [0, 0.05) is 17.0 Å². The summed E-state index contributed by atoms with van der Waals surface area (Å²) >= 11 is 0. The van der Waals surface area contributed by atoms with Crippen LogP contribution in [-0.4, -0.2) is 0 Å². The lowest BCUT2D eigenvalue weighted by Gasteiger charge is -2.04. The van der Waals surface area contributed by atoms with Crippen LogP contribution >= 0.6 is 10.5 Å². The molecular weight excluding hydrogens is 337 g/mol. The second-order valence-electron chi connectivity index (χ2n) is 4.28. The van der Waals surface area contributed by atoms with Gasteiger partial charge in [0.2, 0.25) is 0 Å². The van der Waals surface area contributed by atoms with Gasteiger partial charge < -0.3 is 17.0 Å². The fourth-order valence-corrected chi connectivity index (χ4v) is 4.00. The summed E-state index contributed by atoms with van der Waals surface area (Å²) in [6, 6.07) is 6.84. The Morgan fingerprint density at radius 3 is 2.32 bits per heavy atom. The molecule has 0 saturated heterocycles. The second-order valence-corrected chi connectivity index (χ2v) is 6.24. The molecule has 5 heteroatoms. The lowest BCUT2D eigenvalue weighted by molar-refractivity contribution is -0.0866. The first-order valence-corrected chi connectivity index (χ1v) is 6.71. The molecule has 0 fully saturated rings. The maximum Gasteiger partial charge on any atom is 0.601 e. The Bertz CT molecular complexity index is 693. The first kappa shape index (κ1) is 14.3. The molecule has 1 aliphatic carbocycles. The summed E-state index contributed by atoms with van der Waals surface area (Å²) in [6.45, 7) is 1.89. The molecule has 2 aromatic rings. The molecule has 0 spiro atoms. The van der Waals surface area contributed by atoms with Gasteiger partial charge >= 0.3 is 5.51 Å². The van der Waals surface area contributed by atoms with E-state index in [1.165, 1.54) is 0 Å². The standard InChI is InChI=1S/C14H10F3S.BrH/c1-9-5-6-12-11(7-9)8-13(10-3-2-4-10)18(12)14(15,16)17;/h2-8H,1H3;1H/q+1;/p-1. The van der Waals surface area contributed by atoms with E-state index in [4.69, 9.17) is 0 Å². The number of fused-ring (bicyclic) bond motifs is 1. The van der Waals surface area contributed by atoms with E-state index in [2.05, 4.69) is 0 Å². The van der Waals surface area contributed by atoms with Gasteiger partial charge in [-0.2, -0.15) is 0 Å². The first-order chi connectivity index (χ1) is 8.47. The molecular formula is C14H10BrF3S. The van der Waals surface area contributed by atoms with Gasteiger partial charge in [0.1, 0.15) is 10.5 Å². The summed E-state index contributed by atoms with van der Waals surface area (Å²) in [5.41, 5.74) is -2.53. The maximum absolute atomic E-state index is 13.2. The topological polar surface area (TPSA) is 0 Å². The normalized spacial score (nSPS) is 14.9. The number of alkyl halides is 3. The Balaban J connectivity index is 0.00000133. The van der Waals surface area contributed by atoms with Gasteiger partial charge in [-0.25, -0.2) is 0 Å². The van der Waals surface area contributed by atoms with Crippen LogP contribution in [0.3, 0.4) is 0 Å². The predicted molar refractivity (Wildman–Crippen MR) is 69.6 cm³/mol. The Hall–Kier alpha value is -1.07.